The van der Waals surface area contributed by atoms with E-state index in [0.717, 1.165) is 44.0 Å². The third-order valence-corrected chi connectivity index (χ3v) is 8.17. The first kappa shape index (κ1) is 23.2. The van der Waals surface area contributed by atoms with Crippen molar-refractivity contribution in [1.82, 2.24) is 14.5 Å². The second-order valence-corrected chi connectivity index (χ2v) is 10.4. The Morgan fingerprint density at radius 1 is 1.03 bits per heavy atom. The van der Waals surface area contributed by atoms with Crippen LogP contribution in [-0.4, -0.2) is 62.4 Å². The summed E-state index contributed by atoms with van der Waals surface area (Å²) in [6, 6.07) is 13.4. The van der Waals surface area contributed by atoms with E-state index in [0.29, 0.717) is 31.0 Å². The molecule has 9 heteroatoms. The van der Waals surface area contributed by atoms with Gasteiger partial charge in [-0.1, -0.05) is 35.9 Å². The number of ether oxygens (including phenoxy) is 1. The molecule has 2 aliphatic heterocycles. The van der Waals surface area contributed by atoms with Crippen LogP contribution in [-0.2, 0) is 32.6 Å². The summed E-state index contributed by atoms with van der Waals surface area (Å²) in [4.78, 5) is 15.5. The molecule has 0 aliphatic carbocycles. The van der Waals surface area contributed by atoms with Crippen molar-refractivity contribution < 1.29 is 17.9 Å². The number of amides is 1. The Morgan fingerprint density at radius 2 is 1.72 bits per heavy atom. The van der Waals surface area contributed by atoms with Crippen LogP contribution in [0.4, 0.5) is 0 Å². The lowest BCUT2D eigenvalue weighted by Gasteiger charge is -2.27. The van der Waals surface area contributed by atoms with Crippen LogP contribution in [0.15, 0.2) is 53.4 Å². The second-order valence-electron chi connectivity index (χ2n) is 8.10. The molecule has 32 heavy (non-hydrogen) atoms. The van der Waals surface area contributed by atoms with Gasteiger partial charge < -0.3 is 10.1 Å². The molecule has 2 aromatic rings. The molecule has 2 saturated heterocycles. The van der Waals surface area contributed by atoms with Gasteiger partial charge in [0.25, 0.3) is 0 Å². The summed E-state index contributed by atoms with van der Waals surface area (Å²) in [6.45, 7) is 4.74. The minimum Gasteiger partial charge on any atom is -0.379 e. The van der Waals surface area contributed by atoms with E-state index in [1.54, 1.807) is 12.1 Å². The number of hydrogen-bond donors (Lipinski definition) is 1. The fourth-order valence-electron chi connectivity index (χ4n) is 4.22. The Balaban J connectivity index is 1.42. The van der Waals surface area contributed by atoms with E-state index in [9.17, 15) is 13.2 Å². The standard InChI is InChI=1S/C23H28ClN3O4S/c24-20-7-9-21(10-8-20)32(29,30)27-11-3-6-22(27)23(28)25-16-18-4-1-2-5-19(18)17-26-12-14-31-15-13-26/h1-2,4-5,7-10,22H,3,6,11-17H2,(H,25,28)/t22-/m1/s1. The predicted octanol–water partition coefficient (Wildman–Crippen LogP) is 2.64. The maximum absolute atomic E-state index is 13.1. The van der Waals surface area contributed by atoms with Crippen molar-refractivity contribution in [3.63, 3.8) is 0 Å². The molecule has 2 heterocycles. The molecule has 1 atom stereocenters. The molecule has 0 spiro atoms. The molecule has 1 N–H and O–H groups in total. The number of morpholine rings is 1. The number of nitrogens with one attached hydrogen (secondary N) is 1. The van der Waals surface area contributed by atoms with Crippen molar-refractivity contribution in [2.24, 2.45) is 0 Å². The van der Waals surface area contributed by atoms with Crippen LogP contribution in [0.3, 0.4) is 0 Å². The average molecular weight is 478 g/mol. The Kier molecular flexibility index (Phi) is 7.48. The van der Waals surface area contributed by atoms with Gasteiger partial charge in [0, 0.05) is 37.7 Å². The van der Waals surface area contributed by atoms with Crippen molar-refractivity contribution in [1.29, 1.82) is 0 Å². The van der Waals surface area contributed by atoms with Crippen LogP contribution in [0, 0.1) is 0 Å². The lowest BCUT2D eigenvalue weighted by atomic mass is 10.1. The smallest absolute Gasteiger partial charge is 0.243 e. The maximum atomic E-state index is 13.1. The van der Waals surface area contributed by atoms with E-state index in [2.05, 4.69) is 16.3 Å². The number of hydrogen-bond acceptors (Lipinski definition) is 5. The fraction of sp³-hybridized carbons (Fsp3) is 0.435. The van der Waals surface area contributed by atoms with Crippen LogP contribution >= 0.6 is 11.6 Å². The minimum absolute atomic E-state index is 0.150. The van der Waals surface area contributed by atoms with Crippen LogP contribution in [0.25, 0.3) is 0 Å². The number of sulfonamides is 1. The number of rotatable bonds is 7. The van der Waals surface area contributed by atoms with Gasteiger partial charge in [-0.05, 0) is 48.2 Å². The average Bonchev–Trinajstić information content (AvgIpc) is 3.30. The highest BCUT2D eigenvalue weighted by Crippen LogP contribution is 2.27. The monoisotopic (exact) mass is 477 g/mol. The third kappa shape index (κ3) is 5.32. The topological polar surface area (TPSA) is 79.0 Å². The fourth-order valence-corrected chi connectivity index (χ4v) is 6.00. The van der Waals surface area contributed by atoms with Gasteiger partial charge in [0.05, 0.1) is 18.1 Å². The van der Waals surface area contributed by atoms with Gasteiger partial charge >= 0.3 is 0 Å². The number of carbonyl (C=O) groups is 1. The molecule has 0 unspecified atom stereocenters. The van der Waals surface area contributed by atoms with Crippen LogP contribution in [0.1, 0.15) is 24.0 Å². The lowest BCUT2D eigenvalue weighted by Crippen LogP contribution is -2.45. The van der Waals surface area contributed by atoms with Crippen LogP contribution < -0.4 is 5.32 Å². The maximum Gasteiger partial charge on any atom is 0.243 e. The molecule has 7 nitrogen and oxygen atoms in total. The summed E-state index contributed by atoms with van der Waals surface area (Å²) in [5.41, 5.74) is 2.20. The summed E-state index contributed by atoms with van der Waals surface area (Å²) < 4.78 is 32.9. The molecule has 2 aromatic carbocycles. The van der Waals surface area contributed by atoms with Gasteiger partial charge in [0.1, 0.15) is 6.04 Å². The molecule has 2 fully saturated rings. The molecule has 0 aromatic heterocycles. The first-order valence-corrected chi connectivity index (χ1v) is 12.7. The highest BCUT2D eigenvalue weighted by atomic mass is 35.5. The van der Waals surface area contributed by atoms with E-state index in [1.165, 1.54) is 16.4 Å². The van der Waals surface area contributed by atoms with Gasteiger partial charge in [0.15, 0.2) is 0 Å². The second kappa shape index (κ2) is 10.3. The van der Waals surface area contributed by atoms with Crippen molar-refractivity contribution >= 4 is 27.5 Å². The molecule has 0 radical (unpaired) electrons. The zero-order chi connectivity index (χ0) is 22.6. The van der Waals surface area contributed by atoms with E-state index >= 15 is 0 Å². The van der Waals surface area contributed by atoms with E-state index in [1.807, 2.05) is 18.2 Å². The van der Waals surface area contributed by atoms with Gasteiger partial charge in [-0.2, -0.15) is 4.31 Å². The first-order valence-electron chi connectivity index (χ1n) is 10.9. The molecule has 0 bridgehead atoms. The zero-order valence-electron chi connectivity index (χ0n) is 17.9. The molecule has 1 amide bonds. The van der Waals surface area contributed by atoms with Gasteiger partial charge in [0.2, 0.25) is 15.9 Å². The number of halogens is 1. The Bertz CT molecular complexity index is 1040. The van der Waals surface area contributed by atoms with E-state index in [4.69, 9.17) is 16.3 Å². The summed E-state index contributed by atoms with van der Waals surface area (Å²) in [7, 11) is -3.76. The minimum atomic E-state index is -3.76. The van der Waals surface area contributed by atoms with Crippen LogP contribution in [0.2, 0.25) is 5.02 Å². The molecule has 0 saturated carbocycles. The largest absolute Gasteiger partial charge is 0.379 e. The summed E-state index contributed by atoms with van der Waals surface area (Å²) in [5.74, 6) is -0.263. The van der Waals surface area contributed by atoms with Crippen molar-refractivity contribution in [2.45, 2.75) is 36.9 Å². The summed E-state index contributed by atoms with van der Waals surface area (Å²) in [6.07, 6.45) is 1.16. The number of benzene rings is 2. The Hall–Kier alpha value is -1.97. The molecular weight excluding hydrogens is 450 g/mol. The van der Waals surface area contributed by atoms with E-state index in [-0.39, 0.29) is 10.8 Å². The molecular formula is C23H28ClN3O4S. The highest BCUT2D eigenvalue weighted by Gasteiger charge is 2.39. The van der Waals surface area contributed by atoms with Gasteiger partial charge in [-0.15, -0.1) is 0 Å². The summed E-state index contributed by atoms with van der Waals surface area (Å²) in [5, 5.41) is 3.44. The quantitative estimate of drug-likeness (QED) is 0.663. The van der Waals surface area contributed by atoms with Crippen LogP contribution in [0.5, 0.6) is 0 Å². The first-order chi connectivity index (χ1) is 15.4. The van der Waals surface area contributed by atoms with E-state index < -0.39 is 16.1 Å². The summed E-state index contributed by atoms with van der Waals surface area (Å²) >= 11 is 5.89. The predicted molar refractivity (Wildman–Crippen MR) is 123 cm³/mol. The molecule has 4 rings (SSSR count). The third-order valence-electron chi connectivity index (χ3n) is 6.00. The van der Waals surface area contributed by atoms with Crippen molar-refractivity contribution in [2.75, 3.05) is 32.8 Å². The van der Waals surface area contributed by atoms with Crippen molar-refractivity contribution in [3.8, 4) is 0 Å². The SMILES string of the molecule is O=C(NCc1ccccc1CN1CCOCC1)[C@H]1CCCN1S(=O)(=O)c1ccc(Cl)cc1. The van der Waals surface area contributed by atoms with Gasteiger partial charge in [-0.25, -0.2) is 8.42 Å². The lowest BCUT2D eigenvalue weighted by molar-refractivity contribution is -0.124. The Morgan fingerprint density at radius 3 is 2.44 bits per heavy atom. The molecule has 172 valence electrons. The normalized spacial score (nSPS) is 20.3. The molecule has 2 aliphatic rings. The number of nitrogens with zero attached hydrogens (tertiary/aromatic N) is 2. The Labute approximate surface area is 194 Å². The zero-order valence-corrected chi connectivity index (χ0v) is 19.4. The highest BCUT2D eigenvalue weighted by molar-refractivity contribution is 7.89. The van der Waals surface area contributed by atoms with Gasteiger partial charge in [-0.3, -0.25) is 9.69 Å². The van der Waals surface area contributed by atoms with Crippen molar-refractivity contribution in [3.05, 3.63) is 64.7 Å². The number of carbonyl (C=O) groups excluding carboxylic acids is 1.